The molecule has 1 aliphatic rings. The number of aryl methyl sites for hydroxylation is 1. The Morgan fingerprint density at radius 1 is 1.32 bits per heavy atom. The van der Waals surface area contributed by atoms with E-state index in [0.717, 1.165) is 16.7 Å². The average Bonchev–Trinajstić information content (AvgIpc) is 2.95. The number of nitrogens with one attached hydrogen (secondary N) is 1. The normalized spacial score (nSPS) is 17.0. The van der Waals surface area contributed by atoms with Crippen LogP contribution in [0.2, 0.25) is 0 Å². The molecule has 8 heteroatoms. The number of alkyl halides is 3. The molecule has 1 atom stereocenters. The Kier molecular flexibility index (Phi) is 4.96. The Labute approximate surface area is 142 Å². The zero-order valence-electron chi connectivity index (χ0n) is 13.4. The van der Waals surface area contributed by atoms with Crippen LogP contribution in [-0.2, 0) is 17.8 Å². The van der Waals surface area contributed by atoms with Crippen molar-refractivity contribution < 1.29 is 22.7 Å². The molecule has 134 valence electrons. The highest BCUT2D eigenvalue weighted by molar-refractivity contribution is 5.78. The van der Waals surface area contributed by atoms with Gasteiger partial charge in [-0.1, -0.05) is 18.2 Å². The molecule has 1 aliphatic carbocycles. The molecule has 0 unspecified atom stereocenters. The second kappa shape index (κ2) is 7.16. The number of ether oxygens (including phenoxy) is 1. The first-order valence-electron chi connectivity index (χ1n) is 8.01. The van der Waals surface area contributed by atoms with Gasteiger partial charge in [0.05, 0.1) is 11.7 Å². The molecule has 1 aromatic carbocycles. The molecule has 0 aliphatic heterocycles. The van der Waals surface area contributed by atoms with Crippen LogP contribution in [-0.4, -0.2) is 28.5 Å². The molecule has 0 spiro atoms. The standard InChI is InChI=1S/C17H18F3N3O2/c18-17(19,20)11-23-9-12-5-4-8-14(16(12)22-23)21-15(24)10-25-13-6-2-1-3-7-13/h1-3,6-7,9,14H,4-5,8,10-11H2,(H,21,24)/t14-/m0/s1. The van der Waals surface area contributed by atoms with E-state index in [0.29, 0.717) is 24.3 Å². The van der Waals surface area contributed by atoms with Gasteiger partial charge < -0.3 is 10.1 Å². The van der Waals surface area contributed by atoms with E-state index in [-0.39, 0.29) is 18.6 Å². The number of fused-ring (bicyclic) bond motifs is 1. The zero-order chi connectivity index (χ0) is 17.9. The maximum atomic E-state index is 12.5. The quantitative estimate of drug-likeness (QED) is 0.899. The first-order chi connectivity index (χ1) is 11.9. The number of benzene rings is 1. The summed E-state index contributed by atoms with van der Waals surface area (Å²) in [5.41, 5.74) is 1.27. The summed E-state index contributed by atoms with van der Waals surface area (Å²) >= 11 is 0. The minimum absolute atomic E-state index is 0.154. The Morgan fingerprint density at radius 3 is 2.80 bits per heavy atom. The van der Waals surface area contributed by atoms with Crippen molar-refractivity contribution in [3.05, 3.63) is 47.8 Å². The minimum atomic E-state index is -4.32. The third-order valence-corrected chi connectivity index (χ3v) is 3.93. The summed E-state index contributed by atoms with van der Waals surface area (Å²) in [4.78, 5) is 12.1. The number of halogens is 3. The topological polar surface area (TPSA) is 56.1 Å². The van der Waals surface area contributed by atoms with E-state index in [1.54, 1.807) is 24.3 Å². The van der Waals surface area contributed by atoms with Gasteiger partial charge in [0.2, 0.25) is 0 Å². The van der Waals surface area contributed by atoms with Crippen LogP contribution < -0.4 is 10.1 Å². The van der Waals surface area contributed by atoms with E-state index in [1.165, 1.54) is 6.20 Å². The molecule has 1 amide bonds. The fraction of sp³-hybridized carbons (Fsp3) is 0.412. The summed E-state index contributed by atoms with van der Waals surface area (Å²) in [5.74, 6) is 0.253. The predicted molar refractivity (Wildman–Crippen MR) is 84.0 cm³/mol. The summed E-state index contributed by atoms with van der Waals surface area (Å²) in [7, 11) is 0. The molecule has 5 nitrogen and oxygen atoms in total. The molecule has 0 saturated carbocycles. The number of rotatable bonds is 5. The van der Waals surface area contributed by atoms with Crippen LogP contribution in [0.3, 0.4) is 0 Å². The van der Waals surface area contributed by atoms with Gasteiger partial charge in [0.25, 0.3) is 5.91 Å². The van der Waals surface area contributed by atoms with E-state index >= 15 is 0 Å². The van der Waals surface area contributed by atoms with Crippen LogP contribution in [0.25, 0.3) is 0 Å². The molecule has 25 heavy (non-hydrogen) atoms. The largest absolute Gasteiger partial charge is 0.484 e. The van der Waals surface area contributed by atoms with Gasteiger partial charge in [-0.05, 0) is 37.0 Å². The highest BCUT2D eigenvalue weighted by atomic mass is 19.4. The Balaban J connectivity index is 1.61. The number of hydrogen-bond acceptors (Lipinski definition) is 3. The summed E-state index contributed by atoms with van der Waals surface area (Å²) in [6.45, 7) is -1.28. The van der Waals surface area contributed by atoms with Crippen LogP contribution >= 0.6 is 0 Å². The lowest BCUT2D eigenvalue weighted by Crippen LogP contribution is -2.34. The molecule has 0 saturated heterocycles. The Morgan fingerprint density at radius 2 is 2.08 bits per heavy atom. The Bertz CT molecular complexity index is 728. The van der Waals surface area contributed by atoms with Gasteiger partial charge in [0.1, 0.15) is 12.3 Å². The smallest absolute Gasteiger partial charge is 0.408 e. The first-order valence-corrected chi connectivity index (χ1v) is 8.01. The summed E-state index contributed by atoms with van der Waals surface area (Å²) in [5, 5.41) is 6.83. The summed E-state index contributed by atoms with van der Waals surface area (Å²) in [6.07, 6.45) is -0.805. The van der Waals surface area contributed by atoms with Gasteiger partial charge in [0.15, 0.2) is 6.61 Å². The van der Waals surface area contributed by atoms with Gasteiger partial charge in [0, 0.05) is 6.20 Å². The molecule has 0 bridgehead atoms. The average molecular weight is 353 g/mol. The van der Waals surface area contributed by atoms with Crippen LogP contribution in [0.4, 0.5) is 13.2 Å². The van der Waals surface area contributed by atoms with Gasteiger partial charge in [-0.2, -0.15) is 18.3 Å². The highest BCUT2D eigenvalue weighted by Crippen LogP contribution is 2.29. The number of nitrogens with zero attached hydrogens (tertiary/aromatic N) is 2. The summed E-state index contributed by atoms with van der Waals surface area (Å²) < 4.78 is 43.9. The molecule has 0 radical (unpaired) electrons. The van der Waals surface area contributed by atoms with E-state index in [9.17, 15) is 18.0 Å². The van der Waals surface area contributed by atoms with Crippen LogP contribution in [0.15, 0.2) is 36.5 Å². The van der Waals surface area contributed by atoms with Crippen LogP contribution in [0.1, 0.15) is 30.1 Å². The zero-order valence-corrected chi connectivity index (χ0v) is 13.4. The lowest BCUT2D eigenvalue weighted by atomic mass is 9.94. The molecular formula is C17H18F3N3O2. The van der Waals surface area contributed by atoms with E-state index < -0.39 is 12.7 Å². The van der Waals surface area contributed by atoms with Crippen molar-refractivity contribution in [3.8, 4) is 5.75 Å². The monoisotopic (exact) mass is 353 g/mol. The number of para-hydroxylation sites is 1. The molecule has 1 N–H and O–H groups in total. The first kappa shape index (κ1) is 17.3. The number of carbonyl (C=O) groups is 1. The molecular weight excluding hydrogens is 335 g/mol. The van der Waals surface area contributed by atoms with E-state index in [2.05, 4.69) is 10.4 Å². The minimum Gasteiger partial charge on any atom is -0.484 e. The lowest BCUT2D eigenvalue weighted by molar-refractivity contribution is -0.142. The van der Waals surface area contributed by atoms with Crippen molar-refractivity contribution in [2.45, 2.75) is 38.0 Å². The molecule has 2 aromatic rings. The number of hydrogen-bond donors (Lipinski definition) is 1. The van der Waals surface area contributed by atoms with E-state index in [1.807, 2.05) is 6.07 Å². The van der Waals surface area contributed by atoms with Gasteiger partial charge in [-0.25, -0.2) is 0 Å². The number of amides is 1. The van der Waals surface area contributed by atoms with Crippen molar-refractivity contribution in [1.82, 2.24) is 15.1 Å². The van der Waals surface area contributed by atoms with Gasteiger partial charge in [-0.3, -0.25) is 9.48 Å². The fourth-order valence-electron chi connectivity index (χ4n) is 2.90. The van der Waals surface area contributed by atoms with Gasteiger partial charge in [-0.15, -0.1) is 0 Å². The lowest BCUT2D eigenvalue weighted by Gasteiger charge is -2.22. The van der Waals surface area contributed by atoms with Crippen LogP contribution in [0.5, 0.6) is 5.75 Å². The second-order valence-electron chi connectivity index (χ2n) is 5.97. The van der Waals surface area contributed by atoms with Crippen LogP contribution in [0, 0.1) is 0 Å². The van der Waals surface area contributed by atoms with Crippen molar-refractivity contribution in [2.24, 2.45) is 0 Å². The second-order valence-corrected chi connectivity index (χ2v) is 5.97. The predicted octanol–water partition coefficient (Wildman–Crippen LogP) is 3.02. The molecule has 0 fully saturated rings. The molecule has 1 heterocycles. The third kappa shape index (κ3) is 4.74. The van der Waals surface area contributed by atoms with E-state index in [4.69, 9.17) is 4.74 Å². The van der Waals surface area contributed by atoms with Crippen molar-refractivity contribution >= 4 is 5.91 Å². The highest BCUT2D eigenvalue weighted by Gasteiger charge is 2.31. The molecule has 3 rings (SSSR count). The molecule has 1 aromatic heterocycles. The Hall–Kier alpha value is -2.51. The maximum absolute atomic E-state index is 12.5. The number of aromatic nitrogens is 2. The maximum Gasteiger partial charge on any atom is 0.408 e. The van der Waals surface area contributed by atoms with Crippen molar-refractivity contribution in [3.63, 3.8) is 0 Å². The van der Waals surface area contributed by atoms with Crippen molar-refractivity contribution in [1.29, 1.82) is 0 Å². The third-order valence-electron chi connectivity index (χ3n) is 3.93. The van der Waals surface area contributed by atoms with Crippen molar-refractivity contribution in [2.75, 3.05) is 6.61 Å². The summed E-state index contributed by atoms with van der Waals surface area (Å²) in [6, 6.07) is 8.54. The number of carbonyl (C=O) groups excluding carboxylic acids is 1. The van der Waals surface area contributed by atoms with Gasteiger partial charge >= 0.3 is 6.18 Å². The SMILES string of the molecule is O=C(COc1ccccc1)N[C@H]1CCCc2cn(CC(F)(F)F)nc21. The fourth-order valence-corrected chi connectivity index (χ4v) is 2.90.